The summed E-state index contributed by atoms with van der Waals surface area (Å²) in [5.41, 5.74) is 2.79. The fourth-order valence-corrected chi connectivity index (χ4v) is 4.90. The second-order valence-electron chi connectivity index (χ2n) is 8.27. The number of aromatic nitrogens is 4. The van der Waals surface area contributed by atoms with Crippen LogP contribution in [0.25, 0.3) is 22.2 Å². The fraction of sp³-hybridized carbons (Fsp3) is 0.500. The molecule has 3 aromatic heterocycles. The molecule has 2 atom stereocenters. The number of rotatable bonds is 4. The van der Waals surface area contributed by atoms with Gasteiger partial charge >= 0.3 is 0 Å². The Morgan fingerprint density at radius 2 is 1.77 bits per heavy atom. The molecule has 3 saturated heterocycles. The first-order chi connectivity index (χ1) is 14.9. The molecular formula is C22H25N5O3. The third-order valence-electron chi connectivity index (χ3n) is 6.41. The summed E-state index contributed by atoms with van der Waals surface area (Å²) in [5, 5.41) is 8.69. The van der Waals surface area contributed by atoms with Gasteiger partial charge < -0.3 is 19.1 Å². The van der Waals surface area contributed by atoms with Gasteiger partial charge in [0.2, 0.25) is 5.88 Å². The Bertz CT molecular complexity index is 1030. The molecular weight excluding hydrogens is 382 g/mol. The highest BCUT2D eigenvalue weighted by Crippen LogP contribution is 2.37. The van der Waals surface area contributed by atoms with Gasteiger partial charge in [-0.15, -0.1) is 0 Å². The van der Waals surface area contributed by atoms with E-state index in [2.05, 4.69) is 31.1 Å². The van der Waals surface area contributed by atoms with E-state index in [0.717, 1.165) is 80.1 Å². The molecule has 3 aromatic rings. The van der Waals surface area contributed by atoms with Crippen LogP contribution in [0, 0.1) is 0 Å². The number of fused-ring (bicyclic) bond motifs is 3. The summed E-state index contributed by atoms with van der Waals surface area (Å²) >= 11 is 0. The molecule has 156 valence electrons. The molecule has 0 saturated carbocycles. The minimum Gasteiger partial charge on any atom is -0.474 e. The van der Waals surface area contributed by atoms with Gasteiger partial charge in [0.25, 0.3) is 0 Å². The minimum atomic E-state index is 0.122. The van der Waals surface area contributed by atoms with Crippen LogP contribution in [-0.4, -0.2) is 64.8 Å². The predicted octanol–water partition coefficient (Wildman–Crippen LogP) is 2.95. The van der Waals surface area contributed by atoms with Crippen LogP contribution in [0.15, 0.2) is 30.6 Å². The number of morpholine rings is 1. The molecule has 0 aliphatic carbocycles. The quantitative estimate of drug-likeness (QED) is 0.712. The minimum absolute atomic E-state index is 0.122. The van der Waals surface area contributed by atoms with E-state index in [-0.39, 0.29) is 6.10 Å². The van der Waals surface area contributed by atoms with E-state index >= 15 is 0 Å². The molecule has 8 nitrogen and oxygen atoms in total. The largest absolute Gasteiger partial charge is 0.474 e. The number of H-pyrrole nitrogens is 1. The Kier molecular flexibility index (Phi) is 4.53. The molecule has 6 heterocycles. The standard InChI is InChI=1S/C22H25N5O3/c1-2-16-13-29-12-15(1)27(16)19-11-14(3-7-23-19)21-20-18(25-26-21)4-8-24-22(20)30-17-5-9-28-10-6-17/h3-4,7-8,11,15-17H,1-2,5-6,9-10,12-13H2,(H,25,26)/t15-,16+. The first-order valence-corrected chi connectivity index (χ1v) is 10.8. The van der Waals surface area contributed by atoms with Gasteiger partial charge in [-0.2, -0.15) is 5.10 Å². The lowest BCUT2D eigenvalue weighted by Crippen LogP contribution is -2.46. The first kappa shape index (κ1) is 18.1. The van der Waals surface area contributed by atoms with Crippen molar-refractivity contribution in [3.8, 4) is 17.1 Å². The summed E-state index contributed by atoms with van der Waals surface area (Å²) in [6.07, 6.45) is 7.84. The Labute approximate surface area is 174 Å². The van der Waals surface area contributed by atoms with Crippen LogP contribution in [-0.2, 0) is 9.47 Å². The highest BCUT2D eigenvalue weighted by atomic mass is 16.5. The monoisotopic (exact) mass is 407 g/mol. The van der Waals surface area contributed by atoms with Gasteiger partial charge in [0, 0.05) is 30.8 Å². The molecule has 0 aromatic carbocycles. The highest BCUT2D eigenvalue weighted by Gasteiger charge is 2.38. The first-order valence-electron chi connectivity index (χ1n) is 10.8. The number of aromatic amines is 1. The third kappa shape index (κ3) is 3.11. The molecule has 0 unspecified atom stereocenters. The van der Waals surface area contributed by atoms with Gasteiger partial charge in [0.05, 0.1) is 49.4 Å². The van der Waals surface area contributed by atoms with Gasteiger partial charge in [0.1, 0.15) is 17.6 Å². The van der Waals surface area contributed by atoms with Crippen molar-refractivity contribution in [1.29, 1.82) is 0 Å². The van der Waals surface area contributed by atoms with Crippen LogP contribution >= 0.6 is 0 Å². The van der Waals surface area contributed by atoms with E-state index in [1.54, 1.807) is 6.20 Å². The van der Waals surface area contributed by atoms with E-state index < -0.39 is 0 Å². The molecule has 2 bridgehead atoms. The van der Waals surface area contributed by atoms with Crippen molar-refractivity contribution < 1.29 is 14.2 Å². The van der Waals surface area contributed by atoms with Gasteiger partial charge in [-0.3, -0.25) is 5.10 Å². The number of pyridine rings is 2. The zero-order chi connectivity index (χ0) is 19.9. The summed E-state index contributed by atoms with van der Waals surface area (Å²) < 4.78 is 17.5. The lowest BCUT2D eigenvalue weighted by Gasteiger charge is -2.35. The Balaban J connectivity index is 1.37. The number of hydrogen-bond donors (Lipinski definition) is 1. The maximum Gasteiger partial charge on any atom is 0.225 e. The Morgan fingerprint density at radius 1 is 0.967 bits per heavy atom. The van der Waals surface area contributed by atoms with Crippen LogP contribution in [0.2, 0.25) is 0 Å². The third-order valence-corrected chi connectivity index (χ3v) is 6.41. The second kappa shape index (κ2) is 7.52. The van der Waals surface area contributed by atoms with Crippen molar-refractivity contribution in [2.24, 2.45) is 0 Å². The molecule has 0 amide bonds. The van der Waals surface area contributed by atoms with E-state index in [1.165, 1.54) is 0 Å². The van der Waals surface area contributed by atoms with Crippen molar-refractivity contribution in [3.05, 3.63) is 30.6 Å². The Morgan fingerprint density at radius 3 is 2.60 bits per heavy atom. The van der Waals surface area contributed by atoms with Crippen LogP contribution in [0.3, 0.4) is 0 Å². The number of anilines is 1. The van der Waals surface area contributed by atoms with E-state index in [0.29, 0.717) is 18.0 Å². The summed E-state index contributed by atoms with van der Waals surface area (Å²) in [6, 6.07) is 6.91. The van der Waals surface area contributed by atoms with Crippen LogP contribution in [0.4, 0.5) is 5.82 Å². The van der Waals surface area contributed by atoms with E-state index in [9.17, 15) is 0 Å². The van der Waals surface area contributed by atoms with Crippen molar-refractivity contribution in [2.75, 3.05) is 31.3 Å². The second-order valence-corrected chi connectivity index (χ2v) is 8.27. The Hall–Kier alpha value is -2.71. The summed E-state index contributed by atoms with van der Waals surface area (Å²) in [4.78, 5) is 11.7. The molecule has 3 aliphatic rings. The van der Waals surface area contributed by atoms with Crippen LogP contribution < -0.4 is 9.64 Å². The van der Waals surface area contributed by atoms with Crippen molar-refractivity contribution in [3.63, 3.8) is 0 Å². The normalized spacial score (nSPS) is 24.5. The topological polar surface area (TPSA) is 85.4 Å². The highest BCUT2D eigenvalue weighted by molar-refractivity contribution is 5.96. The van der Waals surface area contributed by atoms with Gasteiger partial charge in [0.15, 0.2) is 0 Å². The average molecular weight is 407 g/mol. The van der Waals surface area contributed by atoms with Crippen molar-refractivity contribution in [1.82, 2.24) is 20.2 Å². The maximum absolute atomic E-state index is 6.29. The average Bonchev–Trinajstić information content (AvgIpc) is 3.33. The lowest BCUT2D eigenvalue weighted by atomic mass is 10.1. The van der Waals surface area contributed by atoms with Gasteiger partial charge in [-0.1, -0.05) is 0 Å². The molecule has 0 radical (unpaired) electrons. The molecule has 3 fully saturated rings. The molecule has 8 heteroatoms. The maximum atomic E-state index is 6.29. The van der Waals surface area contributed by atoms with Crippen molar-refractivity contribution >= 4 is 16.7 Å². The van der Waals surface area contributed by atoms with Gasteiger partial charge in [-0.25, -0.2) is 9.97 Å². The zero-order valence-electron chi connectivity index (χ0n) is 16.8. The smallest absolute Gasteiger partial charge is 0.225 e. The van der Waals surface area contributed by atoms with Crippen LogP contribution in [0.1, 0.15) is 25.7 Å². The van der Waals surface area contributed by atoms with E-state index in [1.807, 2.05) is 18.3 Å². The van der Waals surface area contributed by atoms with E-state index in [4.69, 9.17) is 14.2 Å². The fourth-order valence-electron chi connectivity index (χ4n) is 4.90. The molecule has 6 rings (SSSR count). The molecule has 1 N–H and O–H groups in total. The van der Waals surface area contributed by atoms with Crippen LogP contribution in [0.5, 0.6) is 5.88 Å². The number of hydrogen-bond acceptors (Lipinski definition) is 7. The molecule has 0 spiro atoms. The van der Waals surface area contributed by atoms with Gasteiger partial charge in [-0.05, 0) is 31.0 Å². The lowest BCUT2D eigenvalue weighted by molar-refractivity contribution is 0.0244. The number of nitrogens with one attached hydrogen (secondary N) is 1. The molecule has 30 heavy (non-hydrogen) atoms. The number of nitrogens with zero attached hydrogens (tertiary/aromatic N) is 4. The molecule has 3 aliphatic heterocycles. The SMILES string of the molecule is c1cc(-c2n[nH]c3ccnc(OC4CCOCC4)c23)cc(N2[C@@H]3CC[C@H]2COC3)n1. The summed E-state index contributed by atoms with van der Waals surface area (Å²) in [7, 11) is 0. The number of ether oxygens (including phenoxy) is 3. The predicted molar refractivity (Wildman–Crippen MR) is 112 cm³/mol. The summed E-state index contributed by atoms with van der Waals surface area (Å²) in [6.45, 7) is 3.02. The zero-order valence-corrected chi connectivity index (χ0v) is 16.8. The summed E-state index contributed by atoms with van der Waals surface area (Å²) in [5.74, 6) is 1.63. The van der Waals surface area contributed by atoms with Crippen molar-refractivity contribution in [2.45, 2.75) is 43.9 Å².